The molecule has 3 heterocycles. The van der Waals surface area contributed by atoms with Crippen molar-refractivity contribution in [2.75, 3.05) is 0 Å². The Morgan fingerprint density at radius 1 is 1.31 bits per heavy atom. The zero-order valence-corrected chi connectivity index (χ0v) is 15.9. The third-order valence-electron chi connectivity index (χ3n) is 4.09. The summed E-state index contributed by atoms with van der Waals surface area (Å²) >= 11 is 6.70. The van der Waals surface area contributed by atoms with Gasteiger partial charge in [0.2, 0.25) is 5.91 Å². The molecule has 0 aliphatic carbocycles. The lowest BCUT2D eigenvalue weighted by atomic mass is 10.2. The van der Waals surface area contributed by atoms with Gasteiger partial charge in [-0.15, -0.1) is 11.3 Å². The second-order valence-corrected chi connectivity index (χ2v) is 7.30. The van der Waals surface area contributed by atoms with E-state index in [4.69, 9.17) is 12.2 Å². The SMILES string of the molecule is O=C(CCCCCn1c(=S)[nH]c2ccsc2c1=O)NCc1cccnc1. The molecule has 0 radical (unpaired) electrons. The molecule has 3 rings (SSSR count). The number of rotatable bonds is 8. The van der Waals surface area contributed by atoms with E-state index in [1.54, 1.807) is 17.0 Å². The monoisotopic (exact) mass is 388 g/mol. The second kappa shape index (κ2) is 8.86. The number of H-pyrrole nitrogens is 1. The molecule has 0 aliphatic rings. The van der Waals surface area contributed by atoms with Crippen LogP contribution in [0.25, 0.3) is 10.2 Å². The van der Waals surface area contributed by atoms with E-state index in [9.17, 15) is 9.59 Å². The first kappa shape index (κ1) is 18.5. The highest BCUT2D eigenvalue weighted by molar-refractivity contribution is 7.71. The van der Waals surface area contributed by atoms with E-state index in [-0.39, 0.29) is 11.5 Å². The molecule has 0 saturated heterocycles. The normalized spacial score (nSPS) is 10.9. The molecule has 0 aromatic carbocycles. The van der Waals surface area contributed by atoms with Gasteiger partial charge in [0, 0.05) is 31.9 Å². The van der Waals surface area contributed by atoms with Crippen molar-refractivity contribution in [1.82, 2.24) is 19.9 Å². The van der Waals surface area contributed by atoms with Gasteiger partial charge < -0.3 is 10.3 Å². The van der Waals surface area contributed by atoms with Crippen molar-refractivity contribution in [3.63, 3.8) is 0 Å². The summed E-state index contributed by atoms with van der Waals surface area (Å²) in [4.78, 5) is 31.4. The van der Waals surface area contributed by atoms with Crippen LogP contribution in [0.3, 0.4) is 0 Å². The summed E-state index contributed by atoms with van der Waals surface area (Å²) in [6, 6.07) is 5.65. The molecule has 0 saturated carbocycles. The molecule has 6 nitrogen and oxygen atoms in total. The number of aromatic nitrogens is 3. The minimum absolute atomic E-state index is 0.0308. The predicted octanol–water partition coefficient (Wildman–Crippen LogP) is 3.39. The number of carbonyl (C=O) groups excluding carboxylic acids is 1. The summed E-state index contributed by atoms with van der Waals surface area (Å²) < 4.78 is 2.76. The van der Waals surface area contributed by atoms with Gasteiger partial charge in [-0.2, -0.15) is 0 Å². The summed E-state index contributed by atoms with van der Waals surface area (Å²) in [6.45, 7) is 1.07. The average molecular weight is 389 g/mol. The number of aromatic amines is 1. The molecule has 3 aromatic heterocycles. The second-order valence-electron chi connectivity index (χ2n) is 6.00. The van der Waals surface area contributed by atoms with Crippen LogP contribution in [-0.2, 0) is 17.9 Å². The summed E-state index contributed by atoms with van der Waals surface area (Å²) in [5.41, 5.74) is 1.75. The number of fused-ring (bicyclic) bond motifs is 1. The van der Waals surface area contributed by atoms with E-state index in [1.807, 2.05) is 23.6 Å². The quantitative estimate of drug-likeness (QED) is 0.458. The number of hydrogen-bond donors (Lipinski definition) is 2. The molecule has 0 atom stereocenters. The summed E-state index contributed by atoms with van der Waals surface area (Å²) in [7, 11) is 0. The third kappa shape index (κ3) is 4.64. The van der Waals surface area contributed by atoms with E-state index in [0.29, 0.717) is 29.0 Å². The van der Waals surface area contributed by atoms with Gasteiger partial charge in [0.15, 0.2) is 4.77 Å². The maximum atomic E-state index is 12.4. The Morgan fingerprint density at radius 3 is 3.00 bits per heavy atom. The molecular formula is C18H20N4O2S2. The fourth-order valence-corrected chi connectivity index (χ4v) is 3.78. The number of unbranched alkanes of at least 4 members (excludes halogenated alkanes) is 2. The van der Waals surface area contributed by atoms with Crippen LogP contribution in [-0.4, -0.2) is 20.4 Å². The van der Waals surface area contributed by atoms with Crippen molar-refractivity contribution in [3.05, 3.63) is 56.7 Å². The van der Waals surface area contributed by atoms with Gasteiger partial charge in [-0.3, -0.25) is 19.1 Å². The average Bonchev–Trinajstić information content (AvgIpc) is 3.11. The van der Waals surface area contributed by atoms with E-state index < -0.39 is 0 Å². The van der Waals surface area contributed by atoms with Crippen LogP contribution in [0.4, 0.5) is 0 Å². The largest absolute Gasteiger partial charge is 0.352 e. The molecule has 0 fully saturated rings. The minimum Gasteiger partial charge on any atom is -0.352 e. The van der Waals surface area contributed by atoms with Crippen molar-refractivity contribution in [2.24, 2.45) is 0 Å². The maximum Gasteiger partial charge on any atom is 0.272 e. The number of nitrogens with zero attached hydrogens (tertiary/aromatic N) is 2. The Hall–Kier alpha value is -2.32. The van der Waals surface area contributed by atoms with Gasteiger partial charge in [0.05, 0.1) is 5.52 Å². The Bertz CT molecular complexity index is 992. The van der Waals surface area contributed by atoms with Crippen LogP contribution in [0, 0.1) is 4.77 Å². The number of carbonyl (C=O) groups is 1. The van der Waals surface area contributed by atoms with Crippen LogP contribution in [0.2, 0.25) is 0 Å². The maximum absolute atomic E-state index is 12.4. The molecule has 26 heavy (non-hydrogen) atoms. The number of hydrogen-bond acceptors (Lipinski definition) is 5. The lowest BCUT2D eigenvalue weighted by Gasteiger charge is -2.07. The first-order valence-electron chi connectivity index (χ1n) is 8.51. The Balaban J connectivity index is 1.41. The summed E-state index contributed by atoms with van der Waals surface area (Å²) in [5, 5.41) is 4.77. The highest BCUT2D eigenvalue weighted by Gasteiger charge is 2.07. The Morgan fingerprint density at radius 2 is 2.19 bits per heavy atom. The fourth-order valence-electron chi connectivity index (χ4n) is 2.70. The first-order valence-corrected chi connectivity index (χ1v) is 9.80. The molecule has 136 valence electrons. The van der Waals surface area contributed by atoms with Crippen LogP contribution < -0.4 is 10.9 Å². The molecule has 0 unspecified atom stereocenters. The number of pyridine rings is 1. The predicted molar refractivity (Wildman–Crippen MR) is 106 cm³/mol. The third-order valence-corrected chi connectivity index (χ3v) is 5.31. The van der Waals surface area contributed by atoms with Gasteiger partial charge in [0.1, 0.15) is 4.70 Å². The Labute approximate surface area is 159 Å². The van der Waals surface area contributed by atoms with Gasteiger partial charge in [-0.1, -0.05) is 12.5 Å². The molecular weight excluding hydrogens is 368 g/mol. The smallest absolute Gasteiger partial charge is 0.272 e. The molecule has 3 aromatic rings. The van der Waals surface area contributed by atoms with Crippen LogP contribution in [0.5, 0.6) is 0 Å². The van der Waals surface area contributed by atoms with Gasteiger partial charge in [-0.25, -0.2) is 0 Å². The van der Waals surface area contributed by atoms with Crippen LogP contribution in [0.15, 0.2) is 40.8 Å². The van der Waals surface area contributed by atoms with E-state index >= 15 is 0 Å². The zero-order valence-electron chi connectivity index (χ0n) is 14.2. The van der Waals surface area contributed by atoms with Gasteiger partial charge >= 0.3 is 0 Å². The van der Waals surface area contributed by atoms with Crippen molar-refractivity contribution in [2.45, 2.75) is 38.8 Å². The Kier molecular flexibility index (Phi) is 6.30. The molecule has 1 amide bonds. The zero-order chi connectivity index (χ0) is 18.4. The lowest BCUT2D eigenvalue weighted by Crippen LogP contribution is -2.23. The summed E-state index contributed by atoms with van der Waals surface area (Å²) in [5.74, 6) is 0.0308. The topological polar surface area (TPSA) is 79.8 Å². The standard InChI is InChI=1S/C18H20N4O2S2/c23-15(20-12-13-5-4-8-19-11-13)6-2-1-3-9-22-17(24)16-14(7-10-26-16)21-18(22)25/h4-5,7-8,10-11H,1-3,6,9,12H2,(H,20,23)(H,21,25). The van der Waals surface area contributed by atoms with Gasteiger partial charge in [0.25, 0.3) is 5.56 Å². The van der Waals surface area contributed by atoms with E-state index in [2.05, 4.69) is 15.3 Å². The van der Waals surface area contributed by atoms with Gasteiger partial charge in [-0.05, 0) is 48.1 Å². The highest BCUT2D eigenvalue weighted by atomic mass is 32.1. The van der Waals surface area contributed by atoms with E-state index in [1.165, 1.54) is 11.3 Å². The van der Waals surface area contributed by atoms with E-state index in [0.717, 1.165) is 30.3 Å². The van der Waals surface area contributed by atoms with Crippen LogP contribution in [0.1, 0.15) is 31.2 Å². The lowest BCUT2D eigenvalue weighted by molar-refractivity contribution is -0.121. The van der Waals surface area contributed by atoms with Crippen molar-refractivity contribution < 1.29 is 4.79 Å². The molecule has 0 spiro atoms. The van der Waals surface area contributed by atoms with Crippen molar-refractivity contribution in [1.29, 1.82) is 0 Å². The number of nitrogens with one attached hydrogen (secondary N) is 2. The molecule has 0 bridgehead atoms. The molecule has 2 N–H and O–H groups in total. The molecule has 0 aliphatic heterocycles. The van der Waals surface area contributed by atoms with Crippen molar-refractivity contribution in [3.8, 4) is 0 Å². The minimum atomic E-state index is -0.0343. The van der Waals surface area contributed by atoms with Crippen LogP contribution >= 0.6 is 23.6 Å². The number of amides is 1. The first-order chi connectivity index (χ1) is 12.6. The number of thiophene rings is 1. The highest BCUT2D eigenvalue weighted by Crippen LogP contribution is 2.14. The van der Waals surface area contributed by atoms with Crippen molar-refractivity contribution >= 4 is 39.7 Å². The fraction of sp³-hybridized carbons (Fsp3) is 0.333. The molecule has 8 heteroatoms. The summed E-state index contributed by atoms with van der Waals surface area (Å²) in [6.07, 6.45) is 6.39.